The molecule has 0 aliphatic carbocycles. The molecule has 0 heterocycles. The molecule has 0 aromatic rings. The van der Waals surface area contributed by atoms with Crippen LogP contribution in [0.1, 0.15) is 6.92 Å². The van der Waals surface area contributed by atoms with Crippen molar-refractivity contribution in [3.8, 4) is 0 Å². The number of hydrogen-bond donors (Lipinski definition) is 2. The van der Waals surface area contributed by atoms with E-state index in [4.69, 9.17) is 5.11 Å². The van der Waals surface area contributed by atoms with Crippen LogP contribution in [0, 0.1) is 0 Å². The van der Waals surface area contributed by atoms with Crippen LogP contribution >= 0.6 is 0 Å². The van der Waals surface area contributed by atoms with E-state index in [1.807, 2.05) is 0 Å². The van der Waals surface area contributed by atoms with Gasteiger partial charge in [-0.3, -0.25) is 10.3 Å². The number of aliphatic carboxylic acids is 1. The van der Waals surface area contributed by atoms with Crippen molar-refractivity contribution in [3.05, 3.63) is 11.8 Å². The van der Waals surface area contributed by atoms with Crippen molar-refractivity contribution in [2.75, 3.05) is 7.11 Å². The minimum Gasteiger partial charge on any atom is -0.478 e. The SMILES string of the molecule is CONC=C(C)C(=O)O. The highest BCUT2D eigenvalue weighted by molar-refractivity contribution is 5.85. The normalized spacial score (nSPS) is 11.1. The van der Waals surface area contributed by atoms with E-state index in [1.54, 1.807) is 0 Å². The van der Waals surface area contributed by atoms with Crippen LogP contribution in [-0.4, -0.2) is 18.2 Å². The van der Waals surface area contributed by atoms with E-state index in [1.165, 1.54) is 20.2 Å². The lowest BCUT2D eigenvalue weighted by molar-refractivity contribution is -0.132. The monoisotopic (exact) mass is 131 g/mol. The van der Waals surface area contributed by atoms with Gasteiger partial charge in [-0.05, 0) is 6.92 Å². The number of nitrogens with one attached hydrogen (secondary N) is 1. The van der Waals surface area contributed by atoms with E-state index < -0.39 is 5.97 Å². The van der Waals surface area contributed by atoms with Crippen molar-refractivity contribution < 1.29 is 14.7 Å². The molecule has 52 valence electrons. The maximum Gasteiger partial charge on any atom is 0.332 e. The zero-order valence-electron chi connectivity index (χ0n) is 5.34. The molecule has 0 aliphatic rings. The standard InChI is InChI=1S/C5H9NO3/c1-4(5(7)8)3-6-9-2/h3,6H,1-2H3,(H,7,8). The van der Waals surface area contributed by atoms with E-state index in [2.05, 4.69) is 10.3 Å². The first-order valence-electron chi connectivity index (χ1n) is 2.37. The largest absolute Gasteiger partial charge is 0.478 e. The first kappa shape index (κ1) is 7.97. The molecule has 0 radical (unpaired) electrons. The summed E-state index contributed by atoms with van der Waals surface area (Å²) in [5.41, 5.74) is 2.49. The molecule has 0 aliphatic heterocycles. The Kier molecular flexibility index (Phi) is 3.46. The quantitative estimate of drug-likeness (QED) is 0.422. The van der Waals surface area contributed by atoms with Crippen LogP contribution in [0.5, 0.6) is 0 Å². The Hall–Kier alpha value is -1.03. The minimum absolute atomic E-state index is 0.205. The maximum atomic E-state index is 10.0. The fourth-order valence-corrected chi connectivity index (χ4v) is 0.209. The summed E-state index contributed by atoms with van der Waals surface area (Å²) in [6.07, 6.45) is 1.27. The molecular weight excluding hydrogens is 122 g/mol. The van der Waals surface area contributed by atoms with Crippen molar-refractivity contribution in [1.29, 1.82) is 0 Å². The van der Waals surface area contributed by atoms with E-state index in [9.17, 15) is 4.79 Å². The Morgan fingerprint density at radius 3 is 2.67 bits per heavy atom. The first-order chi connectivity index (χ1) is 4.18. The van der Waals surface area contributed by atoms with Gasteiger partial charge in [-0.2, -0.15) is 0 Å². The molecule has 0 saturated carbocycles. The van der Waals surface area contributed by atoms with E-state index >= 15 is 0 Å². The van der Waals surface area contributed by atoms with Crippen molar-refractivity contribution in [2.24, 2.45) is 0 Å². The van der Waals surface area contributed by atoms with Gasteiger partial charge in [0.05, 0.1) is 12.7 Å². The Labute approximate surface area is 53.1 Å². The number of hydroxylamine groups is 1. The predicted molar refractivity (Wildman–Crippen MR) is 31.5 cm³/mol. The van der Waals surface area contributed by atoms with E-state index in [0.29, 0.717) is 0 Å². The third-order valence-corrected chi connectivity index (χ3v) is 0.731. The van der Waals surface area contributed by atoms with Crippen LogP contribution in [0.2, 0.25) is 0 Å². The molecule has 0 aromatic carbocycles. The van der Waals surface area contributed by atoms with Gasteiger partial charge in [0.15, 0.2) is 0 Å². The van der Waals surface area contributed by atoms with Gasteiger partial charge in [0, 0.05) is 6.20 Å². The molecular formula is C5H9NO3. The minimum atomic E-state index is -0.959. The number of rotatable bonds is 3. The summed E-state index contributed by atoms with van der Waals surface area (Å²) in [6, 6.07) is 0. The van der Waals surface area contributed by atoms with Gasteiger partial charge in [0.2, 0.25) is 0 Å². The summed E-state index contributed by atoms with van der Waals surface area (Å²) in [6.45, 7) is 1.47. The Balaban J connectivity index is 3.69. The lowest BCUT2D eigenvalue weighted by Crippen LogP contribution is -2.06. The zero-order chi connectivity index (χ0) is 7.28. The van der Waals surface area contributed by atoms with Gasteiger partial charge < -0.3 is 5.11 Å². The molecule has 0 rings (SSSR count). The Bertz CT molecular complexity index is 130. The highest BCUT2D eigenvalue weighted by Crippen LogP contribution is 1.87. The second-order valence-electron chi connectivity index (χ2n) is 1.45. The van der Waals surface area contributed by atoms with Crippen molar-refractivity contribution in [3.63, 3.8) is 0 Å². The van der Waals surface area contributed by atoms with Crippen LogP contribution in [0.25, 0.3) is 0 Å². The molecule has 0 fully saturated rings. The van der Waals surface area contributed by atoms with Crippen molar-refractivity contribution in [2.45, 2.75) is 6.92 Å². The molecule has 0 aromatic heterocycles. The molecule has 2 N–H and O–H groups in total. The molecule has 0 spiro atoms. The fourth-order valence-electron chi connectivity index (χ4n) is 0.209. The van der Waals surface area contributed by atoms with Gasteiger partial charge in [-0.1, -0.05) is 0 Å². The van der Waals surface area contributed by atoms with Gasteiger partial charge in [0.1, 0.15) is 0 Å². The van der Waals surface area contributed by atoms with E-state index in [-0.39, 0.29) is 5.57 Å². The Morgan fingerprint density at radius 1 is 1.78 bits per heavy atom. The number of hydrogen-bond acceptors (Lipinski definition) is 3. The third kappa shape index (κ3) is 3.54. The molecule has 0 atom stereocenters. The van der Waals surface area contributed by atoms with Crippen molar-refractivity contribution >= 4 is 5.97 Å². The lowest BCUT2D eigenvalue weighted by atomic mass is 10.3. The van der Waals surface area contributed by atoms with Gasteiger partial charge in [-0.15, -0.1) is 0 Å². The lowest BCUT2D eigenvalue weighted by Gasteiger charge is -1.94. The van der Waals surface area contributed by atoms with Crippen LogP contribution in [0.15, 0.2) is 11.8 Å². The summed E-state index contributed by atoms with van der Waals surface area (Å²) in [4.78, 5) is 14.4. The summed E-state index contributed by atoms with van der Waals surface area (Å²) in [7, 11) is 1.41. The third-order valence-electron chi connectivity index (χ3n) is 0.731. The molecule has 4 nitrogen and oxygen atoms in total. The predicted octanol–water partition coefficient (Wildman–Crippen LogP) is 0.126. The van der Waals surface area contributed by atoms with E-state index in [0.717, 1.165) is 0 Å². The van der Waals surface area contributed by atoms with Gasteiger partial charge in [0.25, 0.3) is 0 Å². The highest BCUT2D eigenvalue weighted by atomic mass is 16.6. The smallest absolute Gasteiger partial charge is 0.332 e. The average molecular weight is 131 g/mol. The van der Waals surface area contributed by atoms with Crippen LogP contribution in [-0.2, 0) is 9.63 Å². The van der Waals surface area contributed by atoms with Crippen LogP contribution in [0.3, 0.4) is 0 Å². The highest BCUT2D eigenvalue weighted by Gasteiger charge is 1.96. The van der Waals surface area contributed by atoms with Crippen molar-refractivity contribution in [1.82, 2.24) is 5.48 Å². The zero-order valence-corrected chi connectivity index (χ0v) is 5.34. The second kappa shape index (κ2) is 3.91. The fraction of sp³-hybridized carbons (Fsp3) is 0.400. The van der Waals surface area contributed by atoms with Gasteiger partial charge in [-0.25, -0.2) is 4.79 Å². The molecule has 0 bridgehead atoms. The Morgan fingerprint density at radius 2 is 2.33 bits per heavy atom. The summed E-state index contributed by atoms with van der Waals surface area (Å²) < 4.78 is 0. The summed E-state index contributed by atoms with van der Waals surface area (Å²) in [5.74, 6) is -0.959. The molecule has 0 saturated heterocycles. The van der Waals surface area contributed by atoms with Crippen LogP contribution < -0.4 is 5.48 Å². The number of carboxylic acid groups (broad SMARTS) is 1. The molecule has 9 heavy (non-hydrogen) atoms. The maximum absolute atomic E-state index is 10.0. The van der Waals surface area contributed by atoms with Crippen LogP contribution in [0.4, 0.5) is 0 Å². The first-order valence-corrected chi connectivity index (χ1v) is 2.37. The molecule has 0 amide bonds. The average Bonchev–Trinajstić information content (AvgIpc) is 1.82. The summed E-state index contributed by atoms with van der Waals surface area (Å²) >= 11 is 0. The molecule has 0 unspecified atom stereocenters. The topological polar surface area (TPSA) is 58.6 Å². The number of carboxylic acids is 1. The van der Waals surface area contributed by atoms with Gasteiger partial charge >= 0.3 is 5.97 Å². The summed E-state index contributed by atoms with van der Waals surface area (Å²) in [5, 5.41) is 8.24. The second-order valence-corrected chi connectivity index (χ2v) is 1.45. The number of carbonyl (C=O) groups is 1. The molecule has 4 heteroatoms.